The van der Waals surface area contributed by atoms with Crippen LogP contribution in [0.15, 0.2) is 59.6 Å². The molecule has 4 rings (SSSR count). The third-order valence-corrected chi connectivity index (χ3v) is 5.81. The van der Waals surface area contributed by atoms with Crippen molar-refractivity contribution in [1.82, 2.24) is 4.98 Å². The van der Waals surface area contributed by atoms with Crippen molar-refractivity contribution in [1.29, 1.82) is 5.26 Å². The van der Waals surface area contributed by atoms with Gasteiger partial charge in [-0.25, -0.2) is 4.98 Å². The number of benzene rings is 2. The van der Waals surface area contributed by atoms with Gasteiger partial charge in [0.1, 0.15) is 16.9 Å². The molecule has 2 amide bonds. The Kier molecular flexibility index (Phi) is 6.33. The number of nitriles is 1. The zero-order chi connectivity index (χ0) is 23.4. The summed E-state index contributed by atoms with van der Waals surface area (Å²) in [6.07, 6.45) is 0. The predicted molar refractivity (Wildman–Crippen MR) is 124 cm³/mol. The monoisotopic (exact) mass is 461 g/mol. The van der Waals surface area contributed by atoms with E-state index >= 15 is 0 Å². The largest absolute Gasteiger partial charge is 0.454 e. The highest BCUT2D eigenvalue weighted by molar-refractivity contribution is 8.00. The van der Waals surface area contributed by atoms with Crippen molar-refractivity contribution in [3.05, 3.63) is 65.7 Å². The van der Waals surface area contributed by atoms with Gasteiger partial charge in [-0.15, -0.1) is 0 Å². The highest BCUT2D eigenvalue weighted by Crippen LogP contribution is 2.35. The van der Waals surface area contributed by atoms with Gasteiger partial charge in [0.2, 0.25) is 12.7 Å². The topological polar surface area (TPSA) is 139 Å². The van der Waals surface area contributed by atoms with E-state index in [1.165, 1.54) is 6.07 Å². The fourth-order valence-corrected chi connectivity index (χ4v) is 3.90. The molecule has 0 radical (unpaired) electrons. The molecule has 0 saturated carbocycles. The normalized spacial score (nSPS) is 12.5. The minimum absolute atomic E-state index is 0.0340. The molecule has 2 aromatic carbocycles. The van der Waals surface area contributed by atoms with Crippen molar-refractivity contribution >= 4 is 40.8 Å². The molecule has 1 aliphatic rings. The quantitative estimate of drug-likeness (QED) is 0.473. The number of anilines is 3. The summed E-state index contributed by atoms with van der Waals surface area (Å²) in [5.74, 6) is 0.360. The van der Waals surface area contributed by atoms with Gasteiger partial charge in [0.15, 0.2) is 11.5 Å². The molecule has 10 heteroatoms. The van der Waals surface area contributed by atoms with Gasteiger partial charge < -0.3 is 25.8 Å². The zero-order valence-electron chi connectivity index (χ0n) is 17.5. The first kappa shape index (κ1) is 22.0. The Hall–Kier alpha value is -4.23. The van der Waals surface area contributed by atoms with Gasteiger partial charge in [0, 0.05) is 17.4 Å². The summed E-state index contributed by atoms with van der Waals surface area (Å²) >= 11 is 1.07. The maximum atomic E-state index is 12.7. The van der Waals surface area contributed by atoms with Crippen molar-refractivity contribution in [2.45, 2.75) is 17.2 Å². The smallest absolute Gasteiger partial charge is 0.259 e. The van der Waals surface area contributed by atoms with Crippen LogP contribution >= 0.6 is 11.8 Å². The highest BCUT2D eigenvalue weighted by atomic mass is 32.2. The molecule has 1 atom stereocenters. The third-order valence-electron chi connectivity index (χ3n) is 4.71. The molecular formula is C23H19N5O4S. The minimum atomic E-state index is -0.599. The minimum Gasteiger partial charge on any atom is -0.454 e. The van der Waals surface area contributed by atoms with Crippen LogP contribution in [0, 0.1) is 11.3 Å². The van der Waals surface area contributed by atoms with E-state index in [1.807, 2.05) is 12.1 Å². The Bertz CT molecular complexity index is 1260. The van der Waals surface area contributed by atoms with E-state index in [4.69, 9.17) is 15.2 Å². The molecule has 3 aromatic rings. The van der Waals surface area contributed by atoms with Gasteiger partial charge in [0.05, 0.1) is 16.4 Å². The fraction of sp³-hybridized carbons (Fsp3) is 0.130. The lowest BCUT2D eigenvalue weighted by atomic mass is 10.2. The van der Waals surface area contributed by atoms with Gasteiger partial charge >= 0.3 is 0 Å². The Morgan fingerprint density at radius 3 is 2.61 bits per heavy atom. The van der Waals surface area contributed by atoms with Crippen molar-refractivity contribution in [2.24, 2.45) is 0 Å². The van der Waals surface area contributed by atoms with E-state index in [-0.39, 0.29) is 34.7 Å². The van der Waals surface area contributed by atoms with E-state index in [0.717, 1.165) is 11.8 Å². The summed E-state index contributed by atoms with van der Waals surface area (Å²) in [6, 6.07) is 17.4. The summed E-state index contributed by atoms with van der Waals surface area (Å²) < 4.78 is 10.6. The Morgan fingerprint density at radius 2 is 1.85 bits per heavy atom. The number of nitrogens with zero attached hydrogens (tertiary/aromatic N) is 2. The van der Waals surface area contributed by atoms with Crippen LogP contribution < -0.4 is 25.8 Å². The third kappa shape index (κ3) is 4.99. The molecule has 9 nitrogen and oxygen atoms in total. The second kappa shape index (κ2) is 9.50. The maximum Gasteiger partial charge on any atom is 0.259 e. The van der Waals surface area contributed by atoms with Gasteiger partial charge in [-0.3, -0.25) is 9.59 Å². The lowest BCUT2D eigenvalue weighted by Crippen LogP contribution is -2.23. The van der Waals surface area contributed by atoms with Crippen molar-refractivity contribution in [3.63, 3.8) is 0 Å². The van der Waals surface area contributed by atoms with Crippen molar-refractivity contribution in [3.8, 4) is 17.6 Å². The van der Waals surface area contributed by atoms with Gasteiger partial charge in [-0.2, -0.15) is 5.26 Å². The number of ether oxygens (including phenoxy) is 2. The number of rotatable bonds is 6. The van der Waals surface area contributed by atoms with E-state index in [2.05, 4.69) is 15.6 Å². The molecule has 0 fully saturated rings. The van der Waals surface area contributed by atoms with E-state index in [9.17, 15) is 14.9 Å². The molecule has 2 heterocycles. The van der Waals surface area contributed by atoms with Gasteiger partial charge in [-0.1, -0.05) is 30.0 Å². The van der Waals surface area contributed by atoms with Crippen LogP contribution in [0.25, 0.3) is 0 Å². The van der Waals surface area contributed by atoms with E-state index in [1.54, 1.807) is 49.4 Å². The summed E-state index contributed by atoms with van der Waals surface area (Å²) in [7, 11) is 0. The number of nitrogens with two attached hydrogens (primary N) is 1. The second-order valence-electron chi connectivity index (χ2n) is 7.02. The number of thioether (sulfide) groups is 1. The molecule has 166 valence electrons. The first-order chi connectivity index (χ1) is 15.9. The number of carbonyl (C=O) groups excluding carboxylic acids is 2. The average Bonchev–Trinajstić information content (AvgIpc) is 3.27. The molecule has 0 unspecified atom stereocenters. The van der Waals surface area contributed by atoms with Crippen LogP contribution in [0.5, 0.6) is 11.5 Å². The van der Waals surface area contributed by atoms with Crippen LogP contribution in [0.3, 0.4) is 0 Å². The van der Waals surface area contributed by atoms with Crippen LogP contribution in [0.1, 0.15) is 22.8 Å². The Morgan fingerprint density at radius 1 is 1.09 bits per heavy atom. The number of nitrogen functional groups attached to an aromatic ring is 1. The number of pyridine rings is 1. The average molecular weight is 462 g/mol. The van der Waals surface area contributed by atoms with Crippen LogP contribution in [0.4, 0.5) is 17.2 Å². The molecule has 0 aliphatic carbocycles. The molecule has 0 bridgehead atoms. The summed E-state index contributed by atoms with van der Waals surface area (Å²) in [5, 5.41) is 14.8. The van der Waals surface area contributed by atoms with E-state index in [0.29, 0.717) is 22.9 Å². The molecular weight excluding hydrogens is 442 g/mol. The van der Waals surface area contributed by atoms with E-state index < -0.39 is 11.2 Å². The molecule has 1 aromatic heterocycles. The zero-order valence-corrected chi connectivity index (χ0v) is 18.3. The number of fused-ring (bicyclic) bond motifs is 1. The molecule has 4 N–H and O–H groups in total. The summed E-state index contributed by atoms with van der Waals surface area (Å²) in [6.45, 7) is 1.82. The summed E-state index contributed by atoms with van der Waals surface area (Å²) in [4.78, 5) is 29.5. The number of hydrogen-bond acceptors (Lipinski definition) is 8. The first-order valence-corrected chi connectivity index (χ1v) is 10.8. The predicted octanol–water partition coefficient (Wildman–Crippen LogP) is 3.64. The van der Waals surface area contributed by atoms with Crippen molar-refractivity contribution in [2.75, 3.05) is 23.2 Å². The van der Waals surface area contributed by atoms with Gasteiger partial charge in [-0.05, 0) is 37.3 Å². The second-order valence-corrected chi connectivity index (χ2v) is 8.35. The van der Waals surface area contributed by atoms with Gasteiger partial charge in [0.25, 0.3) is 5.91 Å². The van der Waals surface area contributed by atoms with Crippen LogP contribution in [0.2, 0.25) is 0 Å². The molecule has 0 saturated heterocycles. The fourth-order valence-electron chi connectivity index (χ4n) is 3.02. The summed E-state index contributed by atoms with van der Waals surface area (Å²) in [5.41, 5.74) is 7.38. The lowest BCUT2D eigenvalue weighted by molar-refractivity contribution is -0.115. The number of amides is 2. The highest BCUT2D eigenvalue weighted by Gasteiger charge is 2.22. The number of aromatic nitrogens is 1. The number of nitrogens with one attached hydrogen (secondary N) is 2. The standard InChI is InChI=1S/C23H19N5O4S/c1-13(21(29)27-16-7-8-18-19(10-16)32-12-31-18)33-23-14(11-24)9-17(20(25)28-23)22(30)26-15-5-3-2-4-6-15/h2-10,13H,12H2,1H3,(H2,25,28)(H,26,30)(H,27,29)/t13-/m0/s1. The molecule has 33 heavy (non-hydrogen) atoms. The number of hydrogen-bond donors (Lipinski definition) is 3. The Balaban J connectivity index is 1.47. The van der Waals surface area contributed by atoms with Crippen molar-refractivity contribution < 1.29 is 19.1 Å². The maximum absolute atomic E-state index is 12.7. The SMILES string of the molecule is C[C@H](Sc1nc(N)c(C(=O)Nc2ccccc2)cc1C#N)C(=O)Nc1ccc2c(c1)OCO2. The first-order valence-electron chi connectivity index (χ1n) is 9.89. The molecule has 0 spiro atoms. The van der Waals surface area contributed by atoms with Crippen LogP contribution in [-0.4, -0.2) is 28.8 Å². The lowest BCUT2D eigenvalue weighted by Gasteiger charge is -2.14. The van der Waals surface area contributed by atoms with Crippen LogP contribution in [-0.2, 0) is 4.79 Å². The Labute approximate surface area is 193 Å². The number of para-hydroxylation sites is 1. The molecule has 1 aliphatic heterocycles. The number of carbonyl (C=O) groups is 2.